The van der Waals surface area contributed by atoms with E-state index < -0.39 is 0 Å². The van der Waals surface area contributed by atoms with Gasteiger partial charge < -0.3 is 0 Å². The van der Waals surface area contributed by atoms with E-state index >= 15 is 0 Å². The van der Waals surface area contributed by atoms with Gasteiger partial charge in [0.05, 0.1) is 6.21 Å². The molecule has 2 nitrogen and oxygen atoms in total. The lowest BCUT2D eigenvalue weighted by atomic mass is 9.77. The molecule has 1 aliphatic heterocycles. The number of hydrogen-bond acceptors (Lipinski definition) is 2. The fourth-order valence-electron chi connectivity index (χ4n) is 1.22. The molecule has 0 aliphatic carbocycles. The van der Waals surface area contributed by atoms with E-state index in [2.05, 4.69) is 25.8 Å². The van der Waals surface area contributed by atoms with Crippen LogP contribution in [-0.2, 0) is 4.79 Å². The fraction of sp³-hybridized carbons (Fsp3) is 0.778. The number of Topliss-reactive ketones (excluding diaryl/α,β-unsaturated/α-hetero) is 1. The second-order valence-corrected chi connectivity index (χ2v) is 4.23. The van der Waals surface area contributed by atoms with Gasteiger partial charge >= 0.3 is 0 Å². The quantitative estimate of drug-likeness (QED) is 0.520. The van der Waals surface area contributed by atoms with Crippen LogP contribution in [0.15, 0.2) is 4.99 Å². The summed E-state index contributed by atoms with van der Waals surface area (Å²) in [5, 5.41) is 0. The highest BCUT2D eigenvalue weighted by molar-refractivity contribution is 6.27. The third-order valence-corrected chi connectivity index (χ3v) is 2.23. The summed E-state index contributed by atoms with van der Waals surface area (Å²) in [5.41, 5.74) is 0.216. The molecule has 0 aromatic heterocycles. The Morgan fingerprint density at radius 3 is 2.55 bits per heavy atom. The van der Waals surface area contributed by atoms with E-state index in [-0.39, 0.29) is 11.2 Å². The summed E-state index contributed by atoms with van der Waals surface area (Å²) in [7, 11) is 0. The molecule has 0 N–H and O–H groups in total. The first-order valence-electron chi connectivity index (χ1n) is 4.03. The molecule has 1 unspecified atom stereocenters. The topological polar surface area (TPSA) is 29.4 Å². The maximum atomic E-state index is 11.0. The molecular weight excluding hydrogens is 138 g/mol. The third-order valence-electron chi connectivity index (χ3n) is 2.23. The molecule has 1 atom stereocenters. The summed E-state index contributed by atoms with van der Waals surface area (Å²) in [6.45, 7) is 7.29. The second kappa shape index (κ2) is 2.76. The van der Waals surface area contributed by atoms with Gasteiger partial charge in [-0.15, -0.1) is 0 Å². The van der Waals surface area contributed by atoms with Crippen molar-refractivity contribution in [1.82, 2.24) is 0 Å². The number of carbonyl (C=O) groups excluding carboxylic acids is 1. The highest BCUT2D eigenvalue weighted by Gasteiger charge is 2.27. The van der Waals surface area contributed by atoms with Crippen molar-refractivity contribution >= 4 is 12.0 Å². The lowest BCUT2D eigenvalue weighted by Crippen LogP contribution is -2.29. The van der Waals surface area contributed by atoms with Gasteiger partial charge in [-0.05, 0) is 11.3 Å². The summed E-state index contributed by atoms with van der Waals surface area (Å²) in [4.78, 5) is 15.0. The summed E-state index contributed by atoms with van der Waals surface area (Å²) in [6.07, 6.45) is 2.13. The Morgan fingerprint density at radius 2 is 2.18 bits per heavy atom. The van der Waals surface area contributed by atoms with Gasteiger partial charge in [-0.1, -0.05) is 20.8 Å². The molecule has 11 heavy (non-hydrogen) atoms. The predicted molar refractivity (Wildman–Crippen MR) is 45.9 cm³/mol. The summed E-state index contributed by atoms with van der Waals surface area (Å²) < 4.78 is 0. The first kappa shape index (κ1) is 8.44. The van der Waals surface area contributed by atoms with Crippen molar-refractivity contribution in [1.29, 1.82) is 0 Å². The molecule has 0 fully saturated rings. The second-order valence-electron chi connectivity index (χ2n) is 4.23. The molecule has 0 bridgehead atoms. The van der Waals surface area contributed by atoms with Crippen molar-refractivity contribution in [3.05, 3.63) is 0 Å². The van der Waals surface area contributed by atoms with E-state index in [4.69, 9.17) is 0 Å². The normalized spacial score (nSPS) is 25.7. The first-order valence-corrected chi connectivity index (χ1v) is 4.03. The average Bonchev–Trinajstić information content (AvgIpc) is 1.86. The van der Waals surface area contributed by atoms with E-state index in [0.29, 0.717) is 12.3 Å². The van der Waals surface area contributed by atoms with E-state index in [9.17, 15) is 4.79 Å². The largest absolute Gasteiger partial charge is 0.293 e. The van der Waals surface area contributed by atoms with Gasteiger partial charge in [-0.2, -0.15) is 0 Å². The monoisotopic (exact) mass is 153 g/mol. The molecule has 0 saturated carbocycles. The summed E-state index contributed by atoms with van der Waals surface area (Å²) >= 11 is 0. The maximum absolute atomic E-state index is 11.0. The number of nitrogens with zero attached hydrogens (tertiary/aromatic N) is 1. The van der Waals surface area contributed by atoms with Crippen molar-refractivity contribution in [3.8, 4) is 0 Å². The van der Waals surface area contributed by atoms with Crippen LogP contribution >= 0.6 is 0 Å². The Morgan fingerprint density at radius 1 is 1.55 bits per heavy atom. The third kappa shape index (κ3) is 2.14. The SMILES string of the molecule is CC(C)(C)C1CN=CC(=O)C1. The van der Waals surface area contributed by atoms with Crippen LogP contribution in [-0.4, -0.2) is 18.5 Å². The van der Waals surface area contributed by atoms with Crippen LogP contribution in [0, 0.1) is 11.3 Å². The molecule has 0 spiro atoms. The van der Waals surface area contributed by atoms with Crippen LogP contribution in [0.5, 0.6) is 0 Å². The number of ketones is 1. The zero-order valence-electron chi connectivity index (χ0n) is 7.42. The molecular formula is C9H15NO. The molecule has 1 rings (SSSR count). The highest BCUT2D eigenvalue weighted by Crippen LogP contribution is 2.30. The van der Waals surface area contributed by atoms with Crippen LogP contribution in [0.25, 0.3) is 0 Å². The lowest BCUT2D eigenvalue weighted by Gasteiger charge is -2.30. The molecule has 0 radical (unpaired) electrons. The van der Waals surface area contributed by atoms with Crippen LogP contribution in [0.3, 0.4) is 0 Å². The maximum Gasteiger partial charge on any atom is 0.173 e. The van der Waals surface area contributed by atoms with Crippen molar-refractivity contribution in [2.45, 2.75) is 27.2 Å². The predicted octanol–water partition coefficient (Wildman–Crippen LogP) is 1.69. The Kier molecular flexibility index (Phi) is 2.12. The summed E-state index contributed by atoms with van der Waals surface area (Å²) in [5.74, 6) is 0.608. The standard InChI is InChI=1S/C9H15NO/c1-9(2,3)7-4-8(11)6-10-5-7/h6-7H,4-5H2,1-3H3. The Balaban J connectivity index is 2.64. The van der Waals surface area contributed by atoms with Gasteiger partial charge in [0.15, 0.2) is 5.78 Å². The van der Waals surface area contributed by atoms with E-state index in [1.54, 1.807) is 0 Å². The van der Waals surface area contributed by atoms with Crippen molar-refractivity contribution < 1.29 is 4.79 Å². The van der Waals surface area contributed by atoms with E-state index in [1.807, 2.05) is 0 Å². The zero-order valence-corrected chi connectivity index (χ0v) is 7.42. The van der Waals surface area contributed by atoms with Gasteiger partial charge in [-0.3, -0.25) is 9.79 Å². The van der Waals surface area contributed by atoms with Crippen molar-refractivity contribution in [2.24, 2.45) is 16.3 Å². The highest BCUT2D eigenvalue weighted by atomic mass is 16.1. The van der Waals surface area contributed by atoms with Gasteiger partial charge in [0.25, 0.3) is 0 Å². The number of rotatable bonds is 0. The smallest absolute Gasteiger partial charge is 0.173 e. The fourth-order valence-corrected chi connectivity index (χ4v) is 1.22. The van der Waals surface area contributed by atoms with Crippen LogP contribution in [0.2, 0.25) is 0 Å². The molecule has 0 amide bonds. The minimum absolute atomic E-state index is 0.177. The molecule has 2 heteroatoms. The van der Waals surface area contributed by atoms with Crippen molar-refractivity contribution in [2.75, 3.05) is 6.54 Å². The van der Waals surface area contributed by atoms with E-state index in [1.165, 1.54) is 6.21 Å². The average molecular weight is 153 g/mol. The van der Waals surface area contributed by atoms with Crippen LogP contribution in [0.4, 0.5) is 0 Å². The molecule has 62 valence electrons. The molecule has 1 aliphatic rings. The minimum atomic E-state index is 0.177. The molecule has 0 aromatic carbocycles. The molecule has 1 heterocycles. The summed E-state index contributed by atoms with van der Waals surface area (Å²) in [6, 6.07) is 0. The van der Waals surface area contributed by atoms with Crippen LogP contribution in [0.1, 0.15) is 27.2 Å². The number of carbonyl (C=O) groups is 1. The van der Waals surface area contributed by atoms with Gasteiger partial charge in [-0.25, -0.2) is 0 Å². The Labute approximate surface area is 67.7 Å². The van der Waals surface area contributed by atoms with E-state index in [0.717, 1.165) is 6.54 Å². The molecule has 0 aromatic rings. The Hall–Kier alpha value is -0.660. The Bertz CT molecular complexity index is 188. The minimum Gasteiger partial charge on any atom is -0.293 e. The first-order chi connectivity index (χ1) is 5.00. The van der Waals surface area contributed by atoms with Gasteiger partial charge in [0, 0.05) is 13.0 Å². The van der Waals surface area contributed by atoms with Crippen LogP contribution < -0.4 is 0 Å². The molecule has 0 saturated heterocycles. The lowest BCUT2D eigenvalue weighted by molar-refractivity contribution is -0.114. The number of aliphatic imine (C=N–C) groups is 1. The number of hydrogen-bond donors (Lipinski definition) is 0. The van der Waals surface area contributed by atoms with Gasteiger partial charge in [0.2, 0.25) is 0 Å². The zero-order chi connectivity index (χ0) is 8.48. The van der Waals surface area contributed by atoms with Crippen molar-refractivity contribution in [3.63, 3.8) is 0 Å². The van der Waals surface area contributed by atoms with Gasteiger partial charge in [0.1, 0.15) is 0 Å².